The zero-order chi connectivity index (χ0) is 13.1. The minimum atomic E-state index is 0.413. The number of hydrogen-bond donors (Lipinski definition) is 0. The van der Waals surface area contributed by atoms with Crippen molar-refractivity contribution in [2.75, 3.05) is 0 Å². The van der Waals surface area contributed by atoms with Crippen molar-refractivity contribution in [3.63, 3.8) is 0 Å². The van der Waals surface area contributed by atoms with E-state index in [4.69, 9.17) is 11.6 Å². The van der Waals surface area contributed by atoms with E-state index in [1.54, 1.807) is 0 Å². The molecule has 0 saturated carbocycles. The summed E-state index contributed by atoms with van der Waals surface area (Å²) < 4.78 is 0. The summed E-state index contributed by atoms with van der Waals surface area (Å²) in [5.74, 6) is 1.67. The smallest absolute Gasteiger partial charge is 0.0338 e. The summed E-state index contributed by atoms with van der Waals surface area (Å²) in [4.78, 5) is 0. The number of hydrogen-bond acceptors (Lipinski definition) is 0. The standard InChI is InChI=1S/C16H33Cl/c1-5-8-9-10-11-12-16(17)13-15(7-3)14(4)6-2/h14-16H,5-13H2,1-4H3. The molecular weight excluding hydrogens is 228 g/mol. The maximum atomic E-state index is 6.47. The molecule has 0 fully saturated rings. The van der Waals surface area contributed by atoms with Crippen molar-refractivity contribution in [3.8, 4) is 0 Å². The van der Waals surface area contributed by atoms with Crippen LogP contribution in [0.3, 0.4) is 0 Å². The van der Waals surface area contributed by atoms with Crippen LogP contribution in [-0.2, 0) is 0 Å². The van der Waals surface area contributed by atoms with Gasteiger partial charge in [-0.05, 0) is 24.7 Å². The summed E-state index contributed by atoms with van der Waals surface area (Å²) in [5.41, 5.74) is 0. The van der Waals surface area contributed by atoms with Crippen LogP contribution in [-0.4, -0.2) is 5.38 Å². The van der Waals surface area contributed by atoms with Crippen LogP contribution in [0.1, 0.15) is 85.5 Å². The second-order valence-corrected chi connectivity index (χ2v) is 6.21. The molecule has 0 rings (SSSR count). The molecule has 3 unspecified atom stereocenters. The molecule has 0 nitrogen and oxygen atoms in total. The Labute approximate surface area is 115 Å². The Kier molecular flexibility index (Phi) is 11.6. The molecule has 17 heavy (non-hydrogen) atoms. The van der Waals surface area contributed by atoms with Gasteiger partial charge in [0.15, 0.2) is 0 Å². The molecule has 0 aromatic carbocycles. The highest BCUT2D eigenvalue weighted by Gasteiger charge is 2.17. The van der Waals surface area contributed by atoms with Crippen LogP contribution >= 0.6 is 11.6 Å². The molecule has 0 N–H and O–H groups in total. The Balaban J connectivity index is 3.64. The normalized spacial score (nSPS) is 16.8. The van der Waals surface area contributed by atoms with E-state index >= 15 is 0 Å². The van der Waals surface area contributed by atoms with Crippen LogP contribution in [0.4, 0.5) is 0 Å². The van der Waals surface area contributed by atoms with E-state index in [0.717, 1.165) is 11.8 Å². The average Bonchev–Trinajstić information content (AvgIpc) is 2.34. The molecule has 1 heteroatoms. The van der Waals surface area contributed by atoms with E-state index in [-0.39, 0.29) is 0 Å². The molecule has 0 aliphatic heterocycles. The van der Waals surface area contributed by atoms with Crippen molar-refractivity contribution in [2.24, 2.45) is 11.8 Å². The Morgan fingerprint density at radius 1 is 0.882 bits per heavy atom. The summed E-state index contributed by atoms with van der Waals surface area (Å²) in [6, 6.07) is 0. The molecule has 104 valence electrons. The van der Waals surface area contributed by atoms with Gasteiger partial charge in [-0.3, -0.25) is 0 Å². The number of halogens is 1. The first-order valence-electron chi connectivity index (χ1n) is 7.79. The molecule has 3 atom stereocenters. The Morgan fingerprint density at radius 2 is 1.53 bits per heavy atom. The molecule has 0 bridgehead atoms. The predicted molar refractivity (Wildman–Crippen MR) is 80.9 cm³/mol. The lowest BCUT2D eigenvalue weighted by molar-refractivity contribution is 0.309. The molecular formula is C16H33Cl. The highest BCUT2D eigenvalue weighted by atomic mass is 35.5. The Hall–Kier alpha value is 0.290. The third-order valence-corrected chi connectivity index (χ3v) is 4.55. The number of rotatable bonds is 11. The summed E-state index contributed by atoms with van der Waals surface area (Å²) in [6.45, 7) is 9.24. The fraction of sp³-hybridized carbons (Fsp3) is 1.00. The largest absolute Gasteiger partial charge is 0.123 e. The quantitative estimate of drug-likeness (QED) is 0.297. The van der Waals surface area contributed by atoms with Crippen LogP contribution < -0.4 is 0 Å². The lowest BCUT2D eigenvalue weighted by Crippen LogP contribution is -2.15. The zero-order valence-electron chi connectivity index (χ0n) is 12.5. The molecule has 0 radical (unpaired) electrons. The first-order chi connectivity index (χ1) is 8.15. The van der Waals surface area contributed by atoms with Crippen LogP contribution in [0, 0.1) is 11.8 Å². The number of unbranched alkanes of at least 4 members (excludes halogenated alkanes) is 4. The summed E-state index contributed by atoms with van der Waals surface area (Å²) in [7, 11) is 0. The van der Waals surface area contributed by atoms with Crippen LogP contribution in [0.2, 0.25) is 0 Å². The van der Waals surface area contributed by atoms with E-state index in [2.05, 4.69) is 27.7 Å². The van der Waals surface area contributed by atoms with Gasteiger partial charge in [0, 0.05) is 5.38 Å². The molecule has 0 spiro atoms. The highest BCUT2D eigenvalue weighted by Crippen LogP contribution is 2.27. The van der Waals surface area contributed by atoms with Crippen molar-refractivity contribution in [2.45, 2.75) is 90.9 Å². The van der Waals surface area contributed by atoms with Gasteiger partial charge in [-0.15, -0.1) is 11.6 Å². The highest BCUT2D eigenvalue weighted by molar-refractivity contribution is 6.20. The van der Waals surface area contributed by atoms with Crippen LogP contribution in [0.5, 0.6) is 0 Å². The van der Waals surface area contributed by atoms with Crippen molar-refractivity contribution < 1.29 is 0 Å². The molecule has 0 amide bonds. The number of alkyl halides is 1. The van der Waals surface area contributed by atoms with Gasteiger partial charge in [0.05, 0.1) is 0 Å². The van der Waals surface area contributed by atoms with Crippen molar-refractivity contribution >= 4 is 11.6 Å². The Bertz CT molecular complexity index is 156. The molecule has 0 aliphatic rings. The lowest BCUT2D eigenvalue weighted by Gasteiger charge is -2.23. The van der Waals surface area contributed by atoms with Gasteiger partial charge in [-0.2, -0.15) is 0 Å². The summed E-state index contributed by atoms with van der Waals surface area (Å²) in [5, 5.41) is 0.413. The predicted octanol–water partition coefficient (Wildman–Crippen LogP) is 6.42. The average molecular weight is 261 g/mol. The maximum Gasteiger partial charge on any atom is 0.0338 e. The van der Waals surface area contributed by atoms with Crippen molar-refractivity contribution in [1.82, 2.24) is 0 Å². The summed E-state index contributed by atoms with van der Waals surface area (Å²) >= 11 is 6.47. The fourth-order valence-electron chi connectivity index (χ4n) is 2.55. The third kappa shape index (κ3) is 8.94. The minimum absolute atomic E-state index is 0.413. The Morgan fingerprint density at radius 3 is 2.06 bits per heavy atom. The van der Waals surface area contributed by atoms with E-state index in [1.807, 2.05) is 0 Å². The van der Waals surface area contributed by atoms with Gasteiger partial charge in [0.1, 0.15) is 0 Å². The van der Waals surface area contributed by atoms with E-state index < -0.39 is 0 Å². The van der Waals surface area contributed by atoms with Crippen LogP contribution in [0.25, 0.3) is 0 Å². The fourth-order valence-corrected chi connectivity index (χ4v) is 2.93. The second kappa shape index (κ2) is 11.4. The van der Waals surface area contributed by atoms with Gasteiger partial charge >= 0.3 is 0 Å². The SMILES string of the molecule is CCCCCCCC(Cl)CC(CC)C(C)CC. The monoisotopic (exact) mass is 260 g/mol. The van der Waals surface area contributed by atoms with Crippen molar-refractivity contribution in [1.29, 1.82) is 0 Å². The van der Waals surface area contributed by atoms with E-state index in [1.165, 1.54) is 57.8 Å². The summed E-state index contributed by atoms with van der Waals surface area (Å²) in [6.07, 6.45) is 11.8. The molecule has 0 heterocycles. The maximum absolute atomic E-state index is 6.47. The first kappa shape index (κ1) is 17.3. The van der Waals surface area contributed by atoms with Crippen molar-refractivity contribution in [3.05, 3.63) is 0 Å². The molecule has 0 aromatic heterocycles. The van der Waals surface area contributed by atoms with E-state index in [0.29, 0.717) is 5.38 Å². The topological polar surface area (TPSA) is 0 Å². The zero-order valence-corrected chi connectivity index (χ0v) is 13.2. The third-order valence-electron chi connectivity index (χ3n) is 4.15. The van der Waals surface area contributed by atoms with E-state index in [9.17, 15) is 0 Å². The van der Waals surface area contributed by atoms with Gasteiger partial charge in [0.25, 0.3) is 0 Å². The molecule has 0 aromatic rings. The van der Waals surface area contributed by atoms with Crippen LogP contribution in [0.15, 0.2) is 0 Å². The van der Waals surface area contributed by atoms with Gasteiger partial charge in [-0.25, -0.2) is 0 Å². The lowest BCUT2D eigenvalue weighted by atomic mass is 9.85. The molecule has 0 saturated heterocycles. The van der Waals surface area contributed by atoms with Gasteiger partial charge in [0.2, 0.25) is 0 Å². The minimum Gasteiger partial charge on any atom is -0.123 e. The first-order valence-corrected chi connectivity index (χ1v) is 8.23. The molecule has 0 aliphatic carbocycles. The van der Waals surface area contributed by atoms with Gasteiger partial charge < -0.3 is 0 Å². The van der Waals surface area contributed by atoms with Gasteiger partial charge in [-0.1, -0.05) is 72.6 Å². The second-order valence-electron chi connectivity index (χ2n) is 5.59.